The van der Waals surface area contributed by atoms with E-state index < -0.39 is 46.7 Å². The quantitative estimate of drug-likeness (QED) is 0.255. The number of anilines is 1. The molecule has 0 bridgehead atoms. The monoisotopic (exact) mass is 427 g/mol. The van der Waals surface area contributed by atoms with E-state index in [-0.39, 0.29) is 22.5 Å². The van der Waals surface area contributed by atoms with E-state index >= 15 is 0 Å². The molecule has 1 aliphatic rings. The Bertz CT molecular complexity index is 932. The summed E-state index contributed by atoms with van der Waals surface area (Å²) in [6.45, 7) is -0.814. The van der Waals surface area contributed by atoms with Gasteiger partial charge in [0, 0.05) is 0 Å². The zero-order valence-corrected chi connectivity index (χ0v) is 15.0. The SMILES string of the molecule is Nc1ncnc2c([C@@H]3O[C@H](COP(=O)(O)OP(=O)(O)O)[C@@H](O)[C@H]3O)[nH]nc12. The van der Waals surface area contributed by atoms with E-state index in [1.54, 1.807) is 0 Å². The molecule has 0 aromatic carbocycles. The molecule has 15 nitrogen and oxygen atoms in total. The lowest BCUT2D eigenvalue weighted by atomic mass is 10.1. The molecule has 2 aromatic heterocycles. The zero-order chi connectivity index (χ0) is 20.0. The van der Waals surface area contributed by atoms with Crippen molar-refractivity contribution >= 4 is 32.5 Å². The van der Waals surface area contributed by atoms with E-state index in [9.17, 15) is 24.2 Å². The predicted octanol–water partition coefficient (Wildman–Crippen LogP) is -1.68. The van der Waals surface area contributed by atoms with Gasteiger partial charge in [0.2, 0.25) is 0 Å². The number of nitrogens with zero attached hydrogens (tertiary/aromatic N) is 3. The van der Waals surface area contributed by atoms with Crippen LogP contribution in [0, 0.1) is 0 Å². The number of aromatic nitrogens is 4. The third-order valence-electron chi connectivity index (χ3n) is 3.65. The summed E-state index contributed by atoms with van der Waals surface area (Å²) in [7, 11) is -10.4. The summed E-state index contributed by atoms with van der Waals surface area (Å²) < 4.78 is 35.6. The van der Waals surface area contributed by atoms with Crippen molar-refractivity contribution < 1.29 is 47.6 Å². The number of aliphatic hydroxyl groups is 2. The van der Waals surface area contributed by atoms with Crippen LogP contribution in [0.15, 0.2) is 6.33 Å². The van der Waals surface area contributed by atoms with Crippen LogP contribution in [0.2, 0.25) is 0 Å². The Labute approximate surface area is 150 Å². The molecule has 3 heterocycles. The Morgan fingerprint density at radius 3 is 2.56 bits per heavy atom. The molecule has 150 valence electrons. The second kappa shape index (κ2) is 7.14. The van der Waals surface area contributed by atoms with Crippen LogP contribution in [0.1, 0.15) is 11.8 Å². The molecule has 1 fully saturated rings. The number of nitrogens with one attached hydrogen (secondary N) is 1. The molecular formula is C10H15N5O10P2. The molecule has 1 saturated heterocycles. The van der Waals surface area contributed by atoms with Crippen LogP contribution >= 0.6 is 15.6 Å². The van der Waals surface area contributed by atoms with Crippen molar-refractivity contribution in [1.82, 2.24) is 20.2 Å². The first kappa shape index (κ1) is 20.2. The molecule has 0 amide bonds. The van der Waals surface area contributed by atoms with Gasteiger partial charge in [0.15, 0.2) is 11.3 Å². The average molecular weight is 427 g/mol. The van der Waals surface area contributed by atoms with E-state index in [2.05, 4.69) is 29.0 Å². The number of aliphatic hydroxyl groups excluding tert-OH is 2. The van der Waals surface area contributed by atoms with Crippen molar-refractivity contribution in [3.63, 3.8) is 0 Å². The van der Waals surface area contributed by atoms with Gasteiger partial charge in [-0.05, 0) is 0 Å². The molecule has 0 aliphatic carbocycles. The van der Waals surface area contributed by atoms with Crippen LogP contribution in [0.25, 0.3) is 11.0 Å². The standard InChI is InChI=1S/C10H15N5O10P2/c11-10-6-4(12-2-13-10)5(14-15-6)9-8(17)7(16)3(24-9)1-23-27(21,22)25-26(18,19)20/h2-3,7-9,16-17H,1H2,(H,14,15)(H,21,22)(H2,11,12,13)(H2,18,19,20)/t3-,7-,8-,9+/m1/s1. The number of phosphoric ester groups is 1. The van der Waals surface area contributed by atoms with Gasteiger partial charge >= 0.3 is 15.6 Å². The van der Waals surface area contributed by atoms with E-state index in [0.29, 0.717) is 0 Å². The lowest BCUT2D eigenvalue weighted by molar-refractivity contribution is -0.0231. The largest absolute Gasteiger partial charge is 0.481 e. The van der Waals surface area contributed by atoms with Crippen LogP contribution in [0.4, 0.5) is 5.82 Å². The number of nitrogen functional groups attached to an aromatic ring is 1. The minimum absolute atomic E-state index is 0.0752. The molecule has 8 N–H and O–H groups in total. The van der Waals surface area contributed by atoms with Crippen LogP contribution in [-0.4, -0.2) is 70.0 Å². The second-order valence-corrected chi connectivity index (χ2v) is 8.34. The van der Waals surface area contributed by atoms with Crippen molar-refractivity contribution in [1.29, 1.82) is 0 Å². The van der Waals surface area contributed by atoms with Crippen LogP contribution < -0.4 is 5.73 Å². The number of hydrogen-bond acceptors (Lipinski definition) is 11. The van der Waals surface area contributed by atoms with E-state index in [4.69, 9.17) is 20.3 Å². The van der Waals surface area contributed by atoms with Gasteiger partial charge in [-0.15, -0.1) is 0 Å². The minimum atomic E-state index is -5.29. The zero-order valence-electron chi connectivity index (χ0n) is 13.2. The van der Waals surface area contributed by atoms with Crippen molar-refractivity contribution in [3.05, 3.63) is 12.0 Å². The number of aromatic amines is 1. The van der Waals surface area contributed by atoms with Gasteiger partial charge in [0.25, 0.3) is 0 Å². The fourth-order valence-electron chi connectivity index (χ4n) is 2.52. The second-order valence-electron chi connectivity index (χ2n) is 5.51. The number of hydrogen-bond donors (Lipinski definition) is 7. The molecule has 1 unspecified atom stereocenters. The fourth-order valence-corrected chi connectivity index (χ4v) is 4.12. The molecule has 17 heteroatoms. The van der Waals surface area contributed by atoms with Gasteiger partial charge in [-0.1, -0.05) is 0 Å². The molecule has 27 heavy (non-hydrogen) atoms. The highest BCUT2D eigenvalue weighted by molar-refractivity contribution is 7.60. The van der Waals surface area contributed by atoms with Crippen molar-refractivity contribution in [2.75, 3.05) is 12.3 Å². The minimum Gasteiger partial charge on any atom is -0.387 e. The van der Waals surface area contributed by atoms with Crippen molar-refractivity contribution in [2.24, 2.45) is 0 Å². The maximum Gasteiger partial charge on any atom is 0.481 e. The first-order valence-electron chi connectivity index (χ1n) is 7.19. The van der Waals surface area contributed by atoms with Gasteiger partial charge in [-0.25, -0.2) is 19.1 Å². The maximum absolute atomic E-state index is 11.5. The summed E-state index contributed by atoms with van der Waals surface area (Å²) >= 11 is 0. The summed E-state index contributed by atoms with van der Waals surface area (Å²) in [4.78, 5) is 34.1. The molecule has 2 aromatic rings. The summed E-state index contributed by atoms with van der Waals surface area (Å²) in [6.07, 6.45) is -4.41. The van der Waals surface area contributed by atoms with Crippen LogP contribution in [-0.2, 0) is 22.7 Å². The number of ether oxygens (including phenoxy) is 1. The van der Waals surface area contributed by atoms with Crippen LogP contribution in [0.5, 0.6) is 0 Å². The van der Waals surface area contributed by atoms with E-state index in [1.807, 2.05) is 0 Å². The Kier molecular flexibility index (Phi) is 5.35. The maximum atomic E-state index is 11.5. The summed E-state index contributed by atoms with van der Waals surface area (Å²) in [5.41, 5.74) is 6.28. The fraction of sp³-hybridized carbons (Fsp3) is 0.500. The Balaban J connectivity index is 1.75. The highest BCUT2D eigenvalue weighted by Crippen LogP contribution is 2.57. The Hall–Kier alpha value is -1.51. The first-order valence-corrected chi connectivity index (χ1v) is 10.2. The Morgan fingerprint density at radius 1 is 1.19 bits per heavy atom. The Morgan fingerprint density at radius 2 is 1.89 bits per heavy atom. The van der Waals surface area contributed by atoms with E-state index in [1.165, 1.54) is 0 Å². The normalized spacial score (nSPS) is 28.5. The summed E-state index contributed by atoms with van der Waals surface area (Å²) in [6, 6.07) is 0. The highest BCUT2D eigenvalue weighted by Gasteiger charge is 2.46. The highest BCUT2D eigenvalue weighted by atomic mass is 31.3. The molecular weight excluding hydrogens is 412 g/mol. The van der Waals surface area contributed by atoms with Gasteiger partial charge in [-0.3, -0.25) is 9.62 Å². The van der Waals surface area contributed by atoms with Crippen LogP contribution in [0.3, 0.4) is 0 Å². The first-order chi connectivity index (χ1) is 12.5. The topological polar surface area (TPSA) is 243 Å². The van der Waals surface area contributed by atoms with Gasteiger partial charge in [0.05, 0.1) is 12.3 Å². The van der Waals surface area contributed by atoms with Crippen molar-refractivity contribution in [3.8, 4) is 0 Å². The van der Waals surface area contributed by atoms with Gasteiger partial charge < -0.3 is 35.4 Å². The predicted molar refractivity (Wildman–Crippen MR) is 84.6 cm³/mol. The molecule has 5 atom stereocenters. The summed E-state index contributed by atoms with van der Waals surface area (Å²) in [5.74, 6) is 0.0752. The third-order valence-corrected chi connectivity index (χ3v) is 5.80. The van der Waals surface area contributed by atoms with E-state index in [0.717, 1.165) is 6.33 Å². The number of H-pyrrole nitrogens is 1. The third kappa shape index (κ3) is 4.33. The molecule has 0 spiro atoms. The lowest BCUT2D eigenvalue weighted by Crippen LogP contribution is -2.33. The summed E-state index contributed by atoms with van der Waals surface area (Å²) in [5, 5.41) is 26.7. The molecule has 1 aliphatic heterocycles. The lowest BCUT2D eigenvalue weighted by Gasteiger charge is -2.17. The van der Waals surface area contributed by atoms with Gasteiger partial charge in [0.1, 0.15) is 36.3 Å². The van der Waals surface area contributed by atoms with Gasteiger partial charge in [-0.2, -0.15) is 9.41 Å². The molecule has 3 rings (SSSR count). The molecule has 0 saturated carbocycles. The molecule has 0 radical (unpaired) electrons. The van der Waals surface area contributed by atoms with Crippen molar-refractivity contribution in [2.45, 2.75) is 24.4 Å². The number of nitrogens with two attached hydrogens (primary N) is 1. The number of phosphoric acid groups is 2. The number of fused-ring (bicyclic) bond motifs is 1. The smallest absolute Gasteiger partial charge is 0.387 e. The average Bonchev–Trinajstić information content (AvgIpc) is 3.07. The number of rotatable bonds is 6.